The van der Waals surface area contributed by atoms with Gasteiger partial charge in [0.2, 0.25) is 0 Å². The molecule has 0 saturated heterocycles. The highest BCUT2D eigenvalue weighted by Crippen LogP contribution is 2.30. The molecule has 0 aliphatic heterocycles. The van der Waals surface area contributed by atoms with E-state index in [1.54, 1.807) is 6.33 Å². The van der Waals surface area contributed by atoms with E-state index in [9.17, 15) is 0 Å². The number of rotatable bonds is 0. The Kier molecular flexibility index (Phi) is 2.91. The summed E-state index contributed by atoms with van der Waals surface area (Å²) in [6, 6.07) is 24.6. The van der Waals surface area contributed by atoms with Gasteiger partial charge in [0.1, 0.15) is 6.33 Å². The maximum absolute atomic E-state index is 5.00. The summed E-state index contributed by atoms with van der Waals surface area (Å²) >= 11 is 0. The minimum Gasteiger partial charge on any atom is -0.289 e. The minimum absolute atomic E-state index is 0.776. The van der Waals surface area contributed by atoms with E-state index in [2.05, 4.69) is 38.1 Å². The number of benzene rings is 3. The number of nitrogens with zero attached hydrogens (tertiary/aromatic N) is 6. The average molecular weight is 386 g/mol. The standard InChI is InChI=1S/C24H14N6/c1-4-10-18-15(7-1)22-21(13-25-14-26-22)30-20-12-6-3-9-17(20)28-24(30)23-27-16-8-2-5-11-19(16)29(18)23/h1-14H. The number of imidazole rings is 2. The summed E-state index contributed by atoms with van der Waals surface area (Å²) in [5, 5.41) is 1.03. The summed E-state index contributed by atoms with van der Waals surface area (Å²) in [5.74, 6) is 0. The molecule has 6 heteroatoms. The van der Waals surface area contributed by atoms with Crippen LogP contribution in [0.25, 0.3) is 55.3 Å². The molecule has 0 bridgehead atoms. The van der Waals surface area contributed by atoms with Crippen LogP contribution in [-0.4, -0.2) is 28.7 Å². The van der Waals surface area contributed by atoms with Gasteiger partial charge in [0, 0.05) is 5.39 Å². The van der Waals surface area contributed by atoms with Crippen molar-refractivity contribution >= 4 is 55.3 Å². The third kappa shape index (κ3) is 1.92. The van der Waals surface area contributed by atoms with Crippen LogP contribution < -0.4 is 0 Å². The van der Waals surface area contributed by atoms with Crippen LogP contribution in [0.5, 0.6) is 0 Å². The Bertz CT molecular complexity index is 1680. The zero-order valence-corrected chi connectivity index (χ0v) is 15.8. The van der Waals surface area contributed by atoms with E-state index < -0.39 is 0 Å². The SMILES string of the molecule is c1ccc2c(c1)nc1c3nc4ccccc4n3c3cncnc3c3ccccc3n21. The summed E-state index contributed by atoms with van der Waals surface area (Å²) in [4.78, 5) is 19.0. The van der Waals surface area contributed by atoms with Crippen LogP contribution in [-0.2, 0) is 0 Å². The number of hydrogen-bond acceptors (Lipinski definition) is 4. The van der Waals surface area contributed by atoms with Gasteiger partial charge in [0.25, 0.3) is 0 Å². The monoisotopic (exact) mass is 386 g/mol. The Hall–Kier alpha value is -4.32. The Labute approximate surface area is 169 Å². The quantitative estimate of drug-likeness (QED) is 0.370. The van der Waals surface area contributed by atoms with Crippen LogP contribution in [0.4, 0.5) is 0 Å². The van der Waals surface area contributed by atoms with E-state index in [0.29, 0.717) is 0 Å². The highest BCUT2D eigenvalue weighted by Gasteiger charge is 2.16. The van der Waals surface area contributed by atoms with Crippen molar-refractivity contribution in [3.8, 4) is 0 Å². The van der Waals surface area contributed by atoms with Crippen LogP contribution >= 0.6 is 0 Å². The molecule has 0 radical (unpaired) electrons. The van der Waals surface area contributed by atoms with Crippen molar-refractivity contribution < 1.29 is 0 Å². The van der Waals surface area contributed by atoms with Crippen molar-refractivity contribution in [1.82, 2.24) is 28.7 Å². The predicted molar refractivity (Wildman–Crippen MR) is 118 cm³/mol. The molecule has 7 aromatic rings. The first kappa shape index (κ1) is 15.6. The van der Waals surface area contributed by atoms with E-state index in [0.717, 1.165) is 55.3 Å². The van der Waals surface area contributed by atoms with Gasteiger partial charge in [-0.3, -0.25) is 8.80 Å². The van der Waals surface area contributed by atoms with E-state index >= 15 is 0 Å². The molecule has 0 amide bonds. The fraction of sp³-hybridized carbons (Fsp3) is 0. The molecular formula is C24H14N6. The van der Waals surface area contributed by atoms with Crippen LogP contribution in [0.3, 0.4) is 0 Å². The Morgan fingerprint density at radius 2 is 1.13 bits per heavy atom. The van der Waals surface area contributed by atoms with Gasteiger partial charge in [-0.25, -0.2) is 19.9 Å². The van der Waals surface area contributed by atoms with Crippen molar-refractivity contribution in [3.63, 3.8) is 0 Å². The van der Waals surface area contributed by atoms with Crippen molar-refractivity contribution in [2.45, 2.75) is 0 Å². The third-order valence-corrected chi connectivity index (χ3v) is 5.66. The Morgan fingerprint density at radius 1 is 0.567 bits per heavy atom. The fourth-order valence-corrected chi connectivity index (χ4v) is 4.40. The first-order chi connectivity index (χ1) is 14.9. The smallest absolute Gasteiger partial charge is 0.182 e. The van der Waals surface area contributed by atoms with Gasteiger partial charge in [-0.2, -0.15) is 0 Å². The minimum atomic E-state index is 0.776. The van der Waals surface area contributed by atoms with E-state index in [1.165, 1.54) is 0 Å². The van der Waals surface area contributed by atoms with E-state index in [4.69, 9.17) is 15.0 Å². The maximum atomic E-state index is 5.00. The maximum Gasteiger partial charge on any atom is 0.182 e. The molecule has 4 heterocycles. The molecule has 7 rings (SSSR count). The van der Waals surface area contributed by atoms with Crippen LogP contribution in [0.2, 0.25) is 0 Å². The first-order valence-corrected chi connectivity index (χ1v) is 9.75. The summed E-state index contributed by atoms with van der Waals surface area (Å²) < 4.78 is 4.31. The molecule has 6 nitrogen and oxygen atoms in total. The van der Waals surface area contributed by atoms with Gasteiger partial charge in [0.15, 0.2) is 11.3 Å². The molecule has 0 unspecified atom stereocenters. The lowest BCUT2D eigenvalue weighted by atomic mass is 10.2. The summed E-state index contributed by atoms with van der Waals surface area (Å²) in [7, 11) is 0. The summed E-state index contributed by atoms with van der Waals surface area (Å²) in [5.41, 5.74) is 8.24. The predicted octanol–water partition coefficient (Wildman–Crippen LogP) is 4.95. The zero-order chi connectivity index (χ0) is 19.7. The van der Waals surface area contributed by atoms with E-state index in [-0.39, 0.29) is 0 Å². The lowest BCUT2D eigenvalue weighted by Crippen LogP contribution is -1.96. The molecule has 0 fully saturated rings. The second-order valence-electron chi connectivity index (χ2n) is 7.29. The van der Waals surface area contributed by atoms with Gasteiger partial charge < -0.3 is 0 Å². The molecule has 0 atom stereocenters. The van der Waals surface area contributed by atoms with Crippen LogP contribution in [0.1, 0.15) is 0 Å². The van der Waals surface area contributed by atoms with Gasteiger partial charge >= 0.3 is 0 Å². The molecule has 0 aliphatic carbocycles. The lowest BCUT2D eigenvalue weighted by molar-refractivity contribution is 1.18. The van der Waals surface area contributed by atoms with Crippen molar-refractivity contribution in [3.05, 3.63) is 85.3 Å². The third-order valence-electron chi connectivity index (χ3n) is 5.66. The molecule has 0 aliphatic rings. The second kappa shape index (κ2) is 5.61. The average Bonchev–Trinajstić information content (AvgIpc) is 3.36. The summed E-state index contributed by atoms with van der Waals surface area (Å²) in [6.07, 6.45) is 3.46. The molecule has 30 heavy (non-hydrogen) atoms. The number of para-hydroxylation sites is 5. The van der Waals surface area contributed by atoms with Gasteiger partial charge in [0.05, 0.1) is 44.8 Å². The second-order valence-corrected chi connectivity index (χ2v) is 7.29. The first-order valence-electron chi connectivity index (χ1n) is 9.75. The molecule has 0 N–H and O–H groups in total. The highest BCUT2D eigenvalue weighted by atomic mass is 15.1. The molecule has 0 saturated carbocycles. The molecule has 140 valence electrons. The van der Waals surface area contributed by atoms with Crippen molar-refractivity contribution in [1.29, 1.82) is 0 Å². The van der Waals surface area contributed by atoms with Gasteiger partial charge in [-0.1, -0.05) is 42.5 Å². The lowest BCUT2D eigenvalue weighted by Gasteiger charge is -2.06. The number of hydrogen-bond donors (Lipinski definition) is 0. The fourth-order valence-electron chi connectivity index (χ4n) is 4.40. The number of fused-ring (bicyclic) bond motifs is 12. The molecule has 0 spiro atoms. The molecule has 3 aromatic carbocycles. The van der Waals surface area contributed by atoms with Crippen LogP contribution in [0.15, 0.2) is 85.3 Å². The normalized spacial score (nSPS) is 12.0. The summed E-state index contributed by atoms with van der Waals surface area (Å²) in [6.45, 7) is 0. The largest absolute Gasteiger partial charge is 0.289 e. The molecular weight excluding hydrogens is 372 g/mol. The molecule has 4 aromatic heterocycles. The van der Waals surface area contributed by atoms with Gasteiger partial charge in [-0.05, 0) is 30.3 Å². The van der Waals surface area contributed by atoms with E-state index in [1.807, 2.05) is 54.7 Å². The number of aromatic nitrogens is 6. The van der Waals surface area contributed by atoms with Crippen molar-refractivity contribution in [2.24, 2.45) is 0 Å². The van der Waals surface area contributed by atoms with Crippen molar-refractivity contribution in [2.75, 3.05) is 0 Å². The van der Waals surface area contributed by atoms with Crippen LogP contribution in [0, 0.1) is 0 Å². The topological polar surface area (TPSA) is 60.4 Å². The zero-order valence-electron chi connectivity index (χ0n) is 15.8. The Balaban J connectivity index is 1.99. The highest BCUT2D eigenvalue weighted by molar-refractivity contribution is 6.06. The Morgan fingerprint density at radius 3 is 1.83 bits per heavy atom. The van der Waals surface area contributed by atoms with Gasteiger partial charge in [-0.15, -0.1) is 0 Å².